The summed E-state index contributed by atoms with van der Waals surface area (Å²) in [6.07, 6.45) is 3.78. The van der Waals surface area contributed by atoms with E-state index in [1.54, 1.807) is 0 Å². The van der Waals surface area contributed by atoms with E-state index >= 15 is 0 Å². The molecule has 1 aliphatic rings. The number of hydrogen-bond acceptors (Lipinski definition) is 2. The van der Waals surface area contributed by atoms with Gasteiger partial charge in [0.25, 0.3) is 0 Å². The van der Waals surface area contributed by atoms with Crippen molar-refractivity contribution in [2.75, 3.05) is 0 Å². The van der Waals surface area contributed by atoms with Crippen LogP contribution >= 0.6 is 11.6 Å². The van der Waals surface area contributed by atoms with Gasteiger partial charge in [-0.25, -0.2) is 0 Å². The molecule has 1 aromatic heterocycles. The molecule has 0 bridgehead atoms. The van der Waals surface area contributed by atoms with Gasteiger partial charge in [-0.15, -0.1) is 10.2 Å². The van der Waals surface area contributed by atoms with Gasteiger partial charge in [-0.2, -0.15) is 0 Å². The standard InChI is InChI=1S/C14H24ClN3/c1-9-7-6-8-11(10(9)2)18-12(14(3,4)5)16-17-13(18)15/h9-11H,6-8H2,1-5H3. The SMILES string of the molecule is CC1CCCC(n2c(Cl)nnc2C(C)(C)C)C1C. The minimum atomic E-state index is -0.0133. The Kier molecular flexibility index (Phi) is 3.72. The van der Waals surface area contributed by atoms with Gasteiger partial charge in [-0.05, 0) is 29.9 Å². The highest BCUT2D eigenvalue weighted by Gasteiger charge is 2.34. The third-order valence-corrected chi connectivity index (χ3v) is 4.58. The van der Waals surface area contributed by atoms with Gasteiger partial charge in [0.05, 0.1) is 0 Å². The zero-order valence-electron chi connectivity index (χ0n) is 12.1. The van der Waals surface area contributed by atoms with E-state index in [9.17, 15) is 0 Å². The molecule has 0 N–H and O–H groups in total. The molecule has 0 aliphatic heterocycles. The number of nitrogens with zero attached hydrogens (tertiary/aromatic N) is 3. The van der Waals surface area contributed by atoms with E-state index in [4.69, 9.17) is 11.6 Å². The van der Waals surface area contributed by atoms with Crippen molar-refractivity contribution in [2.45, 2.75) is 65.3 Å². The second-order valence-electron chi connectivity index (χ2n) is 6.75. The molecular weight excluding hydrogens is 246 g/mol. The van der Waals surface area contributed by atoms with Gasteiger partial charge >= 0.3 is 0 Å². The van der Waals surface area contributed by atoms with Gasteiger partial charge < -0.3 is 0 Å². The quantitative estimate of drug-likeness (QED) is 0.764. The highest BCUT2D eigenvalue weighted by molar-refractivity contribution is 6.28. The van der Waals surface area contributed by atoms with Crippen LogP contribution in [-0.2, 0) is 5.41 Å². The molecular formula is C14H24ClN3. The summed E-state index contributed by atoms with van der Waals surface area (Å²) in [6.45, 7) is 11.2. The van der Waals surface area contributed by atoms with E-state index in [2.05, 4.69) is 49.4 Å². The number of halogens is 1. The first-order valence-electron chi connectivity index (χ1n) is 6.93. The number of aromatic nitrogens is 3. The summed E-state index contributed by atoms with van der Waals surface area (Å²) < 4.78 is 2.18. The van der Waals surface area contributed by atoms with Crippen LogP contribution in [0.15, 0.2) is 0 Å². The van der Waals surface area contributed by atoms with Crippen molar-refractivity contribution < 1.29 is 0 Å². The Morgan fingerprint density at radius 1 is 1.17 bits per heavy atom. The van der Waals surface area contributed by atoms with Crippen molar-refractivity contribution in [3.63, 3.8) is 0 Å². The molecule has 2 rings (SSSR count). The maximum atomic E-state index is 6.29. The molecule has 0 aromatic carbocycles. The summed E-state index contributed by atoms with van der Waals surface area (Å²) in [6, 6.07) is 0.450. The van der Waals surface area contributed by atoms with Crippen molar-refractivity contribution in [2.24, 2.45) is 11.8 Å². The summed E-state index contributed by atoms with van der Waals surface area (Å²) in [7, 11) is 0. The molecule has 4 heteroatoms. The highest BCUT2D eigenvalue weighted by Crippen LogP contribution is 2.40. The second kappa shape index (κ2) is 4.84. The first kappa shape index (κ1) is 13.9. The van der Waals surface area contributed by atoms with Crippen LogP contribution in [0.1, 0.15) is 65.7 Å². The van der Waals surface area contributed by atoms with E-state index in [0.29, 0.717) is 17.2 Å². The van der Waals surface area contributed by atoms with E-state index < -0.39 is 0 Å². The lowest BCUT2D eigenvalue weighted by atomic mass is 9.77. The summed E-state index contributed by atoms with van der Waals surface area (Å²) in [4.78, 5) is 0. The molecule has 0 saturated heterocycles. The van der Waals surface area contributed by atoms with Crippen LogP contribution in [0.2, 0.25) is 5.28 Å². The van der Waals surface area contributed by atoms with Crippen LogP contribution in [-0.4, -0.2) is 14.8 Å². The summed E-state index contributed by atoms with van der Waals surface area (Å²) >= 11 is 6.29. The lowest BCUT2D eigenvalue weighted by molar-refractivity contribution is 0.179. The van der Waals surface area contributed by atoms with Crippen LogP contribution in [0.25, 0.3) is 0 Å². The predicted octanol–water partition coefficient (Wildman–Crippen LogP) is 4.23. The van der Waals surface area contributed by atoms with Crippen molar-refractivity contribution in [3.8, 4) is 0 Å². The number of rotatable bonds is 1. The van der Waals surface area contributed by atoms with Gasteiger partial charge in [-0.3, -0.25) is 4.57 Å². The van der Waals surface area contributed by atoms with Crippen LogP contribution < -0.4 is 0 Å². The average Bonchev–Trinajstić information content (AvgIpc) is 2.64. The molecule has 1 aromatic rings. The van der Waals surface area contributed by atoms with E-state index in [0.717, 1.165) is 11.7 Å². The molecule has 0 amide bonds. The molecule has 0 radical (unpaired) electrons. The lowest BCUT2D eigenvalue weighted by Crippen LogP contribution is -2.31. The molecule has 1 aliphatic carbocycles. The molecule has 3 nitrogen and oxygen atoms in total. The van der Waals surface area contributed by atoms with Gasteiger partial charge in [-0.1, -0.05) is 47.5 Å². The first-order valence-corrected chi connectivity index (χ1v) is 7.31. The molecule has 3 unspecified atom stereocenters. The van der Waals surface area contributed by atoms with Gasteiger partial charge in [0.2, 0.25) is 5.28 Å². The Balaban J connectivity index is 2.41. The van der Waals surface area contributed by atoms with E-state index in [1.165, 1.54) is 19.3 Å². The first-order chi connectivity index (χ1) is 8.32. The Labute approximate surface area is 115 Å². The minimum absolute atomic E-state index is 0.0133. The fourth-order valence-corrected chi connectivity index (χ4v) is 3.24. The largest absolute Gasteiger partial charge is 0.298 e. The van der Waals surface area contributed by atoms with Crippen LogP contribution in [0.5, 0.6) is 0 Å². The maximum Gasteiger partial charge on any atom is 0.225 e. The third-order valence-electron chi connectivity index (χ3n) is 4.32. The normalized spacial score (nSPS) is 29.6. The summed E-state index contributed by atoms with van der Waals surface area (Å²) in [5.74, 6) is 2.39. The van der Waals surface area contributed by atoms with Crippen LogP contribution in [0.3, 0.4) is 0 Å². The second-order valence-corrected chi connectivity index (χ2v) is 7.09. The lowest BCUT2D eigenvalue weighted by Gasteiger charge is -2.37. The van der Waals surface area contributed by atoms with Crippen LogP contribution in [0, 0.1) is 11.8 Å². The van der Waals surface area contributed by atoms with Gasteiger partial charge in [0, 0.05) is 11.5 Å². The molecule has 102 valence electrons. The van der Waals surface area contributed by atoms with Crippen molar-refractivity contribution in [3.05, 3.63) is 11.1 Å². The molecule has 0 spiro atoms. The van der Waals surface area contributed by atoms with Crippen LogP contribution in [0.4, 0.5) is 0 Å². The highest BCUT2D eigenvalue weighted by atomic mass is 35.5. The predicted molar refractivity (Wildman–Crippen MR) is 74.9 cm³/mol. The summed E-state index contributed by atoms with van der Waals surface area (Å²) in [5, 5.41) is 8.95. The fourth-order valence-electron chi connectivity index (χ4n) is 3.00. The average molecular weight is 270 g/mol. The zero-order chi connectivity index (χ0) is 13.5. The molecule has 1 saturated carbocycles. The van der Waals surface area contributed by atoms with Gasteiger partial charge in [0.15, 0.2) is 0 Å². The Hall–Kier alpha value is -0.570. The molecule has 1 fully saturated rings. The Bertz CT molecular complexity index is 419. The molecule has 3 atom stereocenters. The number of hydrogen-bond donors (Lipinski definition) is 0. The maximum absolute atomic E-state index is 6.29. The van der Waals surface area contributed by atoms with Crippen molar-refractivity contribution in [1.82, 2.24) is 14.8 Å². The topological polar surface area (TPSA) is 30.7 Å². The van der Waals surface area contributed by atoms with E-state index in [-0.39, 0.29) is 5.41 Å². The minimum Gasteiger partial charge on any atom is -0.298 e. The van der Waals surface area contributed by atoms with Gasteiger partial charge in [0.1, 0.15) is 5.82 Å². The van der Waals surface area contributed by atoms with E-state index in [1.807, 2.05) is 0 Å². The third kappa shape index (κ3) is 2.42. The monoisotopic (exact) mass is 269 g/mol. The molecule has 1 heterocycles. The summed E-state index contributed by atoms with van der Waals surface area (Å²) in [5.41, 5.74) is -0.0133. The van der Waals surface area contributed by atoms with Crippen molar-refractivity contribution >= 4 is 11.6 Å². The Morgan fingerprint density at radius 3 is 2.44 bits per heavy atom. The Morgan fingerprint density at radius 2 is 1.83 bits per heavy atom. The van der Waals surface area contributed by atoms with Crippen molar-refractivity contribution in [1.29, 1.82) is 0 Å². The molecule has 18 heavy (non-hydrogen) atoms. The zero-order valence-corrected chi connectivity index (χ0v) is 12.8. The smallest absolute Gasteiger partial charge is 0.225 e. The fraction of sp³-hybridized carbons (Fsp3) is 0.857.